The normalized spacial score (nSPS) is 14.9. The minimum absolute atomic E-state index is 0.172. The predicted molar refractivity (Wildman–Crippen MR) is 133 cm³/mol. The lowest BCUT2D eigenvalue weighted by molar-refractivity contribution is -0.126. The van der Waals surface area contributed by atoms with Gasteiger partial charge in [0.15, 0.2) is 5.78 Å². The minimum atomic E-state index is -0.820. The molecule has 4 aromatic carbocycles. The predicted octanol–water partition coefficient (Wildman–Crippen LogP) is 7.18. The molecule has 0 heterocycles. The second kappa shape index (κ2) is 8.59. The molecule has 0 amide bonds. The van der Waals surface area contributed by atoms with Crippen LogP contribution in [0.2, 0.25) is 0 Å². The molecule has 0 aromatic heterocycles. The third kappa shape index (κ3) is 3.48. The van der Waals surface area contributed by atoms with E-state index in [-0.39, 0.29) is 5.78 Å². The number of benzene rings is 4. The Balaban J connectivity index is 2.05. The molecule has 1 heteroatoms. The molecule has 0 aliphatic carbocycles. The van der Waals surface area contributed by atoms with Crippen LogP contribution in [0.4, 0.5) is 0 Å². The molecule has 0 aliphatic heterocycles. The first kappa shape index (κ1) is 21.8. The van der Waals surface area contributed by atoms with E-state index in [0.29, 0.717) is 0 Å². The van der Waals surface area contributed by atoms with Gasteiger partial charge in [-0.05, 0) is 61.1 Å². The van der Waals surface area contributed by atoms with E-state index in [0.717, 1.165) is 33.4 Å². The highest BCUT2D eigenvalue weighted by atomic mass is 16.1. The maximum atomic E-state index is 15.0. The van der Waals surface area contributed by atoms with Crippen molar-refractivity contribution in [1.29, 1.82) is 0 Å². The number of hydrogen-bond donors (Lipinski definition) is 0. The summed E-state index contributed by atoms with van der Waals surface area (Å²) in [6.07, 6.45) is 0. The van der Waals surface area contributed by atoms with Crippen molar-refractivity contribution in [3.63, 3.8) is 0 Å². The van der Waals surface area contributed by atoms with Crippen LogP contribution in [0.3, 0.4) is 0 Å². The van der Waals surface area contributed by atoms with Gasteiger partial charge in [-0.25, -0.2) is 0 Å². The molecule has 0 aliphatic rings. The molecule has 2 atom stereocenters. The second-order valence-corrected chi connectivity index (χ2v) is 8.94. The molecular weight excluding hydrogens is 388 g/mol. The quantitative estimate of drug-likeness (QED) is 0.324. The highest BCUT2D eigenvalue weighted by Gasteiger charge is 2.49. The molecule has 2 unspecified atom stereocenters. The molecule has 160 valence electrons. The summed E-state index contributed by atoms with van der Waals surface area (Å²) in [4.78, 5) is 15.0. The lowest BCUT2D eigenvalue weighted by atomic mass is 9.59. The van der Waals surface area contributed by atoms with Crippen molar-refractivity contribution in [1.82, 2.24) is 0 Å². The number of hydrogen-bond acceptors (Lipinski definition) is 1. The van der Waals surface area contributed by atoms with Crippen LogP contribution in [0.5, 0.6) is 0 Å². The monoisotopic (exact) mass is 418 g/mol. The van der Waals surface area contributed by atoms with Gasteiger partial charge in [0.05, 0.1) is 10.8 Å². The number of ketones is 1. The van der Waals surface area contributed by atoms with E-state index in [9.17, 15) is 4.79 Å². The Morgan fingerprint density at radius 3 is 1.16 bits per heavy atom. The summed E-state index contributed by atoms with van der Waals surface area (Å²) in [7, 11) is 0. The molecular formula is C31H30O. The van der Waals surface area contributed by atoms with Gasteiger partial charge in [0.25, 0.3) is 0 Å². The summed E-state index contributed by atoms with van der Waals surface area (Å²) < 4.78 is 0. The number of rotatable bonds is 6. The van der Waals surface area contributed by atoms with Crippen molar-refractivity contribution in [3.05, 3.63) is 143 Å². The van der Waals surface area contributed by atoms with Gasteiger partial charge in [-0.3, -0.25) is 4.79 Å². The topological polar surface area (TPSA) is 17.1 Å². The molecule has 0 radical (unpaired) electrons. The van der Waals surface area contributed by atoms with Gasteiger partial charge in [0.1, 0.15) is 0 Å². The number of carbonyl (C=O) groups is 1. The number of Topliss-reactive ketones (excluding diaryl/α,β-unsaturated/α-hetero) is 1. The molecule has 0 saturated carbocycles. The van der Waals surface area contributed by atoms with Crippen molar-refractivity contribution < 1.29 is 4.79 Å². The summed E-state index contributed by atoms with van der Waals surface area (Å²) in [5, 5.41) is 0. The molecule has 0 N–H and O–H groups in total. The van der Waals surface area contributed by atoms with Gasteiger partial charge >= 0.3 is 0 Å². The molecule has 4 aromatic rings. The largest absolute Gasteiger partial charge is 0.297 e. The van der Waals surface area contributed by atoms with E-state index in [4.69, 9.17) is 0 Å². The lowest BCUT2D eigenvalue weighted by Gasteiger charge is -2.41. The third-order valence-corrected chi connectivity index (χ3v) is 6.98. The van der Waals surface area contributed by atoms with E-state index < -0.39 is 10.8 Å². The van der Waals surface area contributed by atoms with Crippen molar-refractivity contribution >= 4 is 5.78 Å². The van der Waals surface area contributed by atoms with Crippen molar-refractivity contribution in [2.24, 2.45) is 0 Å². The Hall–Kier alpha value is -3.45. The standard InChI is InChI=1S/C31H30O/c1-23-15-11-13-21-27(23)30(3,25-17-7-5-8-18-25)29(32)31(4,26-19-9-6-10-20-26)28-22-14-12-16-24(28)2/h5-22H,1-4H3. The molecule has 0 saturated heterocycles. The average molecular weight is 419 g/mol. The van der Waals surface area contributed by atoms with Gasteiger partial charge < -0.3 is 0 Å². The fourth-order valence-corrected chi connectivity index (χ4v) is 5.13. The first-order valence-electron chi connectivity index (χ1n) is 11.2. The maximum absolute atomic E-state index is 15.0. The number of aryl methyl sites for hydroxylation is 2. The van der Waals surface area contributed by atoms with Gasteiger partial charge in [-0.15, -0.1) is 0 Å². The average Bonchev–Trinajstić information content (AvgIpc) is 2.84. The van der Waals surface area contributed by atoms with Crippen LogP contribution in [-0.2, 0) is 15.6 Å². The minimum Gasteiger partial charge on any atom is -0.297 e. The third-order valence-electron chi connectivity index (χ3n) is 6.98. The summed E-state index contributed by atoms with van der Waals surface area (Å²) in [5.41, 5.74) is 4.71. The van der Waals surface area contributed by atoms with E-state index >= 15 is 0 Å². The van der Waals surface area contributed by atoms with Crippen LogP contribution < -0.4 is 0 Å². The Kier molecular flexibility index (Phi) is 5.84. The zero-order chi connectivity index (χ0) is 22.8. The van der Waals surface area contributed by atoms with E-state index in [1.807, 2.05) is 60.7 Å². The SMILES string of the molecule is Cc1ccccc1C(C)(C(=O)C(C)(c1ccccc1)c1ccccc1C)c1ccccc1. The van der Waals surface area contributed by atoms with Crippen molar-refractivity contribution in [2.75, 3.05) is 0 Å². The highest BCUT2D eigenvalue weighted by Crippen LogP contribution is 2.45. The van der Waals surface area contributed by atoms with Crippen molar-refractivity contribution in [2.45, 2.75) is 38.5 Å². The van der Waals surface area contributed by atoms with Crippen LogP contribution in [0.1, 0.15) is 47.2 Å². The Morgan fingerprint density at radius 1 is 0.500 bits per heavy atom. The van der Waals surface area contributed by atoms with Gasteiger partial charge in [-0.2, -0.15) is 0 Å². The molecule has 32 heavy (non-hydrogen) atoms. The summed E-state index contributed by atoms with van der Waals surface area (Å²) >= 11 is 0. The highest BCUT2D eigenvalue weighted by molar-refractivity contribution is 6.04. The Labute approximate surface area is 191 Å². The van der Waals surface area contributed by atoms with E-state index in [1.165, 1.54) is 0 Å². The van der Waals surface area contributed by atoms with Crippen molar-refractivity contribution in [3.8, 4) is 0 Å². The van der Waals surface area contributed by atoms with Crippen LogP contribution in [0.25, 0.3) is 0 Å². The van der Waals surface area contributed by atoms with Crippen LogP contribution in [-0.4, -0.2) is 5.78 Å². The summed E-state index contributed by atoms with van der Waals surface area (Å²) in [6, 6.07) is 36.9. The van der Waals surface area contributed by atoms with Gasteiger partial charge in [-0.1, -0.05) is 109 Å². The Morgan fingerprint density at radius 2 is 0.812 bits per heavy atom. The summed E-state index contributed by atoms with van der Waals surface area (Å²) in [5.74, 6) is 0.172. The molecule has 0 spiro atoms. The van der Waals surface area contributed by atoms with Gasteiger partial charge in [0, 0.05) is 0 Å². The van der Waals surface area contributed by atoms with Gasteiger partial charge in [0.2, 0.25) is 0 Å². The first-order chi connectivity index (χ1) is 15.4. The first-order valence-corrected chi connectivity index (χ1v) is 11.2. The lowest BCUT2D eigenvalue weighted by Crippen LogP contribution is -2.48. The van der Waals surface area contributed by atoms with Crippen LogP contribution in [0, 0.1) is 13.8 Å². The Bertz CT molecular complexity index is 1130. The van der Waals surface area contributed by atoms with Crippen LogP contribution in [0.15, 0.2) is 109 Å². The fourth-order valence-electron chi connectivity index (χ4n) is 5.13. The fraction of sp³-hybridized carbons (Fsp3) is 0.194. The van der Waals surface area contributed by atoms with E-state index in [2.05, 4.69) is 76.2 Å². The summed E-state index contributed by atoms with van der Waals surface area (Å²) in [6.45, 7) is 8.37. The molecule has 1 nitrogen and oxygen atoms in total. The smallest absolute Gasteiger partial charge is 0.162 e. The maximum Gasteiger partial charge on any atom is 0.162 e. The second-order valence-electron chi connectivity index (χ2n) is 8.94. The zero-order valence-corrected chi connectivity index (χ0v) is 19.3. The molecule has 0 fully saturated rings. The molecule has 0 bridgehead atoms. The zero-order valence-electron chi connectivity index (χ0n) is 19.3. The van der Waals surface area contributed by atoms with Crippen LogP contribution >= 0.6 is 0 Å². The molecule has 4 rings (SSSR count). The number of carbonyl (C=O) groups excluding carboxylic acids is 1. The van der Waals surface area contributed by atoms with E-state index in [1.54, 1.807) is 0 Å².